The van der Waals surface area contributed by atoms with Gasteiger partial charge < -0.3 is 15.2 Å². The van der Waals surface area contributed by atoms with Gasteiger partial charge in [0, 0.05) is 30.2 Å². The standard InChI is InChI=1S/C15H12FN3O2/c1-20-15-7-12-10(8-19-15)13(4-5-18-12)21-14-3-2-9(17)6-11(14)16/h2-8H,17H2,1H3. The van der Waals surface area contributed by atoms with Crippen LogP contribution in [-0.4, -0.2) is 17.1 Å². The molecule has 0 aliphatic carbocycles. The van der Waals surface area contributed by atoms with Gasteiger partial charge in [0.05, 0.1) is 18.0 Å². The maximum Gasteiger partial charge on any atom is 0.215 e. The summed E-state index contributed by atoms with van der Waals surface area (Å²) in [4.78, 5) is 8.32. The first-order chi connectivity index (χ1) is 10.2. The van der Waals surface area contributed by atoms with E-state index >= 15 is 0 Å². The molecule has 0 atom stereocenters. The number of methoxy groups -OCH3 is 1. The van der Waals surface area contributed by atoms with Crippen molar-refractivity contribution >= 4 is 16.6 Å². The van der Waals surface area contributed by atoms with Crippen molar-refractivity contribution < 1.29 is 13.9 Å². The first-order valence-electron chi connectivity index (χ1n) is 6.19. The second kappa shape index (κ2) is 5.24. The lowest BCUT2D eigenvalue weighted by Gasteiger charge is -2.10. The van der Waals surface area contributed by atoms with Crippen LogP contribution in [0, 0.1) is 5.82 Å². The lowest BCUT2D eigenvalue weighted by molar-refractivity contribution is 0.398. The molecule has 2 N–H and O–H groups in total. The Morgan fingerprint density at radius 2 is 1.95 bits per heavy atom. The van der Waals surface area contributed by atoms with E-state index in [1.165, 1.54) is 19.2 Å². The summed E-state index contributed by atoms with van der Waals surface area (Å²) in [5.74, 6) is 0.471. The number of nitrogen functional groups attached to an aromatic ring is 1. The van der Waals surface area contributed by atoms with Crippen molar-refractivity contribution in [1.29, 1.82) is 0 Å². The highest BCUT2D eigenvalue weighted by Crippen LogP contribution is 2.31. The van der Waals surface area contributed by atoms with Gasteiger partial charge in [-0.2, -0.15) is 0 Å². The largest absolute Gasteiger partial charge is 0.481 e. The molecule has 0 aliphatic rings. The average Bonchev–Trinajstić information content (AvgIpc) is 2.49. The predicted octanol–water partition coefficient (Wildman–Crippen LogP) is 3.15. The van der Waals surface area contributed by atoms with E-state index in [-0.39, 0.29) is 5.75 Å². The second-order valence-corrected chi connectivity index (χ2v) is 4.34. The molecule has 2 heterocycles. The Morgan fingerprint density at radius 3 is 2.71 bits per heavy atom. The molecule has 0 saturated heterocycles. The molecule has 106 valence electrons. The van der Waals surface area contributed by atoms with E-state index in [0.717, 1.165) is 0 Å². The van der Waals surface area contributed by atoms with E-state index < -0.39 is 5.82 Å². The van der Waals surface area contributed by atoms with Crippen LogP contribution < -0.4 is 15.2 Å². The van der Waals surface area contributed by atoms with Crippen molar-refractivity contribution in [3.8, 4) is 17.4 Å². The number of benzene rings is 1. The van der Waals surface area contributed by atoms with Crippen LogP contribution in [0.15, 0.2) is 42.7 Å². The van der Waals surface area contributed by atoms with Crippen LogP contribution in [0.4, 0.5) is 10.1 Å². The van der Waals surface area contributed by atoms with Gasteiger partial charge in [-0.15, -0.1) is 0 Å². The normalized spacial score (nSPS) is 10.6. The zero-order valence-electron chi connectivity index (χ0n) is 11.2. The Morgan fingerprint density at radius 1 is 1.10 bits per heavy atom. The molecule has 5 nitrogen and oxygen atoms in total. The fourth-order valence-electron chi connectivity index (χ4n) is 1.92. The van der Waals surface area contributed by atoms with Crippen molar-refractivity contribution in [3.05, 3.63) is 48.5 Å². The van der Waals surface area contributed by atoms with Crippen molar-refractivity contribution in [2.75, 3.05) is 12.8 Å². The van der Waals surface area contributed by atoms with Gasteiger partial charge in [-0.05, 0) is 18.2 Å². The first-order valence-corrected chi connectivity index (χ1v) is 6.19. The Labute approximate surface area is 120 Å². The van der Waals surface area contributed by atoms with Crippen molar-refractivity contribution in [3.63, 3.8) is 0 Å². The van der Waals surface area contributed by atoms with Gasteiger partial charge in [0.1, 0.15) is 5.75 Å². The summed E-state index contributed by atoms with van der Waals surface area (Å²) in [6, 6.07) is 7.59. The van der Waals surface area contributed by atoms with Crippen LogP contribution in [0.25, 0.3) is 10.9 Å². The molecule has 3 rings (SSSR count). The molecule has 0 fully saturated rings. The molecule has 2 aromatic heterocycles. The third kappa shape index (κ3) is 2.55. The smallest absolute Gasteiger partial charge is 0.215 e. The van der Waals surface area contributed by atoms with Gasteiger partial charge in [0.25, 0.3) is 0 Å². The van der Waals surface area contributed by atoms with Crippen molar-refractivity contribution in [2.24, 2.45) is 0 Å². The quantitative estimate of drug-likeness (QED) is 0.748. The van der Waals surface area contributed by atoms with Crippen LogP contribution >= 0.6 is 0 Å². The topological polar surface area (TPSA) is 70.3 Å². The average molecular weight is 285 g/mol. The van der Waals surface area contributed by atoms with Gasteiger partial charge >= 0.3 is 0 Å². The number of fused-ring (bicyclic) bond motifs is 1. The number of hydrogen-bond acceptors (Lipinski definition) is 5. The minimum absolute atomic E-state index is 0.0903. The number of nitrogens with zero attached hydrogens (tertiary/aromatic N) is 2. The monoisotopic (exact) mass is 285 g/mol. The minimum Gasteiger partial charge on any atom is -0.481 e. The summed E-state index contributed by atoms with van der Waals surface area (Å²) in [5, 5.41) is 0.662. The first kappa shape index (κ1) is 13.1. The molecular weight excluding hydrogens is 273 g/mol. The van der Waals surface area contributed by atoms with Crippen LogP contribution in [0.5, 0.6) is 17.4 Å². The molecule has 0 aliphatic heterocycles. The summed E-state index contributed by atoms with van der Waals surface area (Å²) in [6.45, 7) is 0. The third-order valence-corrected chi connectivity index (χ3v) is 2.95. The Bertz CT molecular complexity index is 808. The zero-order valence-corrected chi connectivity index (χ0v) is 11.2. The fraction of sp³-hybridized carbons (Fsp3) is 0.0667. The van der Waals surface area contributed by atoms with Crippen LogP contribution in [0.3, 0.4) is 0 Å². The molecule has 0 amide bonds. The summed E-state index contributed by atoms with van der Waals surface area (Å²) in [5.41, 5.74) is 6.50. The molecule has 21 heavy (non-hydrogen) atoms. The number of aromatic nitrogens is 2. The number of pyridine rings is 2. The highest BCUT2D eigenvalue weighted by molar-refractivity contribution is 5.84. The van der Waals surface area contributed by atoms with E-state index in [4.69, 9.17) is 15.2 Å². The van der Waals surface area contributed by atoms with Crippen molar-refractivity contribution in [2.45, 2.75) is 0 Å². The molecule has 0 radical (unpaired) electrons. The molecule has 3 aromatic rings. The Hall–Kier alpha value is -2.89. The van der Waals surface area contributed by atoms with Crippen LogP contribution in [-0.2, 0) is 0 Å². The number of halogens is 1. The highest BCUT2D eigenvalue weighted by atomic mass is 19.1. The molecule has 1 aromatic carbocycles. The SMILES string of the molecule is COc1cc2nccc(Oc3ccc(N)cc3F)c2cn1. The zero-order chi connectivity index (χ0) is 14.8. The summed E-state index contributed by atoms with van der Waals surface area (Å²) >= 11 is 0. The van der Waals surface area contributed by atoms with Crippen molar-refractivity contribution in [1.82, 2.24) is 9.97 Å². The maximum absolute atomic E-state index is 13.8. The van der Waals surface area contributed by atoms with Gasteiger partial charge in [-0.3, -0.25) is 4.98 Å². The number of ether oxygens (including phenoxy) is 2. The molecule has 0 saturated carbocycles. The minimum atomic E-state index is -0.526. The molecule has 0 spiro atoms. The maximum atomic E-state index is 13.8. The summed E-state index contributed by atoms with van der Waals surface area (Å²) in [6.07, 6.45) is 3.15. The number of hydrogen-bond donors (Lipinski definition) is 1. The molecule has 0 bridgehead atoms. The van der Waals surface area contributed by atoms with Gasteiger partial charge in [0.15, 0.2) is 11.6 Å². The van der Waals surface area contributed by atoms with E-state index in [1.54, 1.807) is 30.6 Å². The fourth-order valence-corrected chi connectivity index (χ4v) is 1.92. The summed E-state index contributed by atoms with van der Waals surface area (Å²) in [7, 11) is 1.53. The van der Waals surface area contributed by atoms with Gasteiger partial charge in [0.2, 0.25) is 5.88 Å². The van der Waals surface area contributed by atoms with Crippen LogP contribution in [0.2, 0.25) is 0 Å². The highest BCUT2D eigenvalue weighted by Gasteiger charge is 2.09. The van der Waals surface area contributed by atoms with E-state index in [1.807, 2.05) is 0 Å². The van der Waals surface area contributed by atoms with Gasteiger partial charge in [-0.25, -0.2) is 9.37 Å². The molecule has 0 unspecified atom stereocenters. The molecular formula is C15H12FN3O2. The predicted molar refractivity (Wildman–Crippen MR) is 77.0 cm³/mol. The lowest BCUT2D eigenvalue weighted by Crippen LogP contribution is -1.94. The third-order valence-electron chi connectivity index (χ3n) is 2.95. The summed E-state index contributed by atoms with van der Waals surface area (Å²) < 4.78 is 24.4. The number of rotatable bonds is 3. The van der Waals surface area contributed by atoms with Gasteiger partial charge in [-0.1, -0.05) is 0 Å². The van der Waals surface area contributed by atoms with E-state index in [0.29, 0.717) is 28.2 Å². The lowest BCUT2D eigenvalue weighted by atomic mass is 10.2. The van der Waals surface area contributed by atoms with E-state index in [2.05, 4.69) is 9.97 Å². The van der Waals surface area contributed by atoms with Crippen LogP contribution in [0.1, 0.15) is 0 Å². The second-order valence-electron chi connectivity index (χ2n) is 4.34. The Kier molecular flexibility index (Phi) is 3.27. The number of anilines is 1. The number of nitrogens with two attached hydrogens (primary N) is 1. The Balaban J connectivity index is 2.04. The molecule has 6 heteroatoms. The van der Waals surface area contributed by atoms with E-state index in [9.17, 15) is 4.39 Å².